The zero-order valence-corrected chi connectivity index (χ0v) is 15.0. The van der Waals surface area contributed by atoms with Crippen molar-refractivity contribution in [3.63, 3.8) is 0 Å². The van der Waals surface area contributed by atoms with Crippen LogP contribution in [0.15, 0.2) is 0 Å². The molecule has 0 rings (SSSR count). The van der Waals surface area contributed by atoms with Gasteiger partial charge in [-0.15, -0.1) is 0 Å². The molecule has 0 spiro atoms. The van der Waals surface area contributed by atoms with Gasteiger partial charge in [-0.25, -0.2) is 0 Å². The third kappa shape index (κ3) is 13.1. The van der Waals surface area contributed by atoms with Crippen molar-refractivity contribution >= 4 is 8.25 Å². The van der Waals surface area contributed by atoms with Crippen LogP contribution in [0.2, 0.25) is 0 Å². The molecule has 0 N–H and O–H groups in total. The van der Waals surface area contributed by atoms with Gasteiger partial charge >= 0.3 is 8.25 Å². The third-order valence-electron chi connectivity index (χ3n) is 3.57. The van der Waals surface area contributed by atoms with Gasteiger partial charge in [0.1, 0.15) is 0 Å². The van der Waals surface area contributed by atoms with Crippen molar-refractivity contribution in [2.45, 2.75) is 79.1 Å². The quantitative estimate of drug-likeness (QED) is 0.298. The Bertz CT molecular complexity index is 212. The van der Waals surface area contributed by atoms with Crippen LogP contribution in [0, 0.1) is 11.8 Å². The molecular formula is C16H35O3P. The molecule has 3 nitrogen and oxygen atoms in total. The molecule has 0 radical (unpaired) electrons. The Kier molecular flexibility index (Phi) is 14.2. The maximum Gasteiger partial charge on any atom is 0.319 e. The van der Waals surface area contributed by atoms with Crippen LogP contribution < -0.4 is 0 Å². The minimum atomic E-state index is -2.29. The fourth-order valence-corrected chi connectivity index (χ4v) is 3.04. The summed E-state index contributed by atoms with van der Waals surface area (Å²) in [4.78, 5) is 0. The predicted octanol–water partition coefficient (Wildman–Crippen LogP) is 5.84. The second-order valence-corrected chi connectivity index (χ2v) is 7.15. The minimum absolute atomic E-state index is 0.473. The van der Waals surface area contributed by atoms with Gasteiger partial charge < -0.3 is 9.05 Å². The van der Waals surface area contributed by atoms with E-state index in [0.29, 0.717) is 25.0 Å². The largest absolute Gasteiger partial charge is 0.319 e. The normalized spacial score (nSPS) is 16.0. The molecule has 2 atom stereocenters. The van der Waals surface area contributed by atoms with Crippen LogP contribution in [0.25, 0.3) is 0 Å². The highest BCUT2D eigenvalue weighted by Gasteiger charge is 2.08. The number of unbranched alkanes of at least 4 members (excludes halogenated alkanes) is 4. The van der Waals surface area contributed by atoms with E-state index < -0.39 is 8.25 Å². The van der Waals surface area contributed by atoms with Crippen LogP contribution in [-0.4, -0.2) is 13.2 Å². The number of hydrogen-bond donors (Lipinski definition) is 0. The van der Waals surface area contributed by atoms with E-state index in [-0.39, 0.29) is 0 Å². The van der Waals surface area contributed by atoms with E-state index in [1.807, 2.05) is 0 Å². The lowest BCUT2D eigenvalue weighted by molar-refractivity contribution is 0.178. The maximum atomic E-state index is 11.7. The second-order valence-electron chi connectivity index (χ2n) is 6.07. The summed E-state index contributed by atoms with van der Waals surface area (Å²) >= 11 is 0. The van der Waals surface area contributed by atoms with Gasteiger partial charge in [-0.1, -0.05) is 66.2 Å². The SMILES string of the molecule is CCCCCC(C)CO[PH](=O)OCC(C)CCCCC. The van der Waals surface area contributed by atoms with Gasteiger partial charge in [0.2, 0.25) is 0 Å². The average molecular weight is 306 g/mol. The highest BCUT2D eigenvalue weighted by Crippen LogP contribution is 2.27. The molecule has 0 aromatic heterocycles. The Hall–Kier alpha value is 0.150. The van der Waals surface area contributed by atoms with Crippen molar-refractivity contribution in [3.8, 4) is 0 Å². The van der Waals surface area contributed by atoms with Crippen LogP contribution in [0.3, 0.4) is 0 Å². The monoisotopic (exact) mass is 306 g/mol. The molecule has 0 bridgehead atoms. The smallest absolute Gasteiger partial charge is 0.310 e. The van der Waals surface area contributed by atoms with E-state index in [9.17, 15) is 4.57 Å². The summed E-state index contributed by atoms with van der Waals surface area (Å²) in [5.41, 5.74) is 0. The van der Waals surface area contributed by atoms with Gasteiger partial charge in [0.05, 0.1) is 13.2 Å². The van der Waals surface area contributed by atoms with Gasteiger partial charge in [-0.3, -0.25) is 4.57 Å². The summed E-state index contributed by atoms with van der Waals surface area (Å²) in [6.07, 6.45) is 9.78. The summed E-state index contributed by atoms with van der Waals surface area (Å²) in [5.74, 6) is 0.946. The Labute approximate surface area is 126 Å². The summed E-state index contributed by atoms with van der Waals surface area (Å²) in [7, 11) is -2.29. The van der Waals surface area contributed by atoms with E-state index in [2.05, 4.69) is 27.7 Å². The van der Waals surface area contributed by atoms with Crippen molar-refractivity contribution in [2.24, 2.45) is 11.8 Å². The number of hydrogen-bond acceptors (Lipinski definition) is 3. The second kappa shape index (κ2) is 14.1. The molecule has 0 aliphatic rings. The predicted molar refractivity (Wildman–Crippen MR) is 87.5 cm³/mol. The molecule has 0 heterocycles. The first-order valence-electron chi connectivity index (χ1n) is 8.39. The van der Waals surface area contributed by atoms with Crippen molar-refractivity contribution in [3.05, 3.63) is 0 Å². The summed E-state index contributed by atoms with van der Waals surface area (Å²) in [6.45, 7) is 9.83. The molecule has 0 saturated carbocycles. The summed E-state index contributed by atoms with van der Waals surface area (Å²) in [6, 6.07) is 0. The third-order valence-corrected chi connectivity index (χ3v) is 4.38. The van der Waals surface area contributed by atoms with E-state index in [0.717, 1.165) is 12.8 Å². The minimum Gasteiger partial charge on any atom is -0.310 e. The van der Waals surface area contributed by atoms with Crippen molar-refractivity contribution in [2.75, 3.05) is 13.2 Å². The fourth-order valence-electron chi connectivity index (χ4n) is 2.11. The molecule has 2 unspecified atom stereocenters. The van der Waals surface area contributed by atoms with Crippen LogP contribution in [0.5, 0.6) is 0 Å². The molecule has 0 aromatic carbocycles. The molecule has 0 saturated heterocycles. The maximum absolute atomic E-state index is 11.7. The molecule has 20 heavy (non-hydrogen) atoms. The highest BCUT2D eigenvalue weighted by molar-refractivity contribution is 7.33. The standard InChI is InChI=1S/C16H35O3P/c1-5-7-9-11-15(3)13-18-20(17)19-14-16(4)12-10-8-6-2/h15-16,20H,5-14H2,1-4H3. The van der Waals surface area contributed by atoms with Crippen molar-refractivity contribution in [1.82, 2.24) is 0 Å². The van der Waals surface area contributed by atoms with Crippen LogP contribution in [0.1, 0.15) is 79.1 Å². The molecule has 122 valence electrons. The zero-order chi connectivity index (χ0) is 15.2. The highest BCUT2D eigenvalue weighted by atomic mass is 31.1. The van der Waals surface area contributed by atoms with Crippen LogP contribution in [0.4, 0.5) is 0 Å². The lowest BCUT2D eigenvalue weighted by atomic mass is 10.0. The van der Waals surface area contributed by atoms with Gasteiger partial charge in [0.15, 0.2) is 0 Å². The Morgan fingerprint density at radius 3 is 1.55 bits per heavy atom. The molecule has 0 amide bonds. The van der Waals surface area contributed by atoms with Gasteiger partial charge in [0, 0.05) is 0 Å². The molecular weight excluding hydrogens is 271 g/mol. The molecule has 0 aliphatic carbocycles. The van der Waals surface area contributed by atoms with E-state index in [1.165, 1.54) is 38.5 Å². The Balaban J connectivity index is 3.52. The first-order valence-corrected chi connectivity index (χ1v) is 9.62. The lowest BCUT2D eigenvalue weighted by Gasteiger charge is -2.14. The summed E-state index contributed by atoms with van der Waals surface area (Å²) in [5, 5.41) is 0. The molecule has 0 aromatic rings. The first kappa shape index (κ1) is 20.1. The Morgan fingerprint density at radius 2 is 1.20 bits per heavy atom. The van der Waals surface area contributed by atoms with Gasteiger partial charge in [-0.05, 0) is 24.7 Å². The fraction of sp³-hybridized carbons (Fsp3) is 1.00. The van der Waals surface area contributed by atoms with Gasteiger partial charge in [0.25, 0.3) is 0 Å². The first-order chi connectivity index (χ1) is 9.60. The molecule has 0 fully saturated rings. The average Bonchev–Trinajstić information content (AvgIpc) is 2.43. The van der Waals surface area contributed by atoms with Crippen LogP contribution >= 0.6 is 8.25 Å². The lowest BCUT2D eigenvalue weighted by Crippen LogP contribution is -2.05. The van der Waals surface area contributed by atoms with E-state index in [1.54, 1.807) is 0 Å². The zero-order valence-electron chi connectivity index (χ0n) is 14.0. The number of rotatable bonds is 14. The van der Waals surface area contributed by atoms with Crippen molar-refractivity contribution < 1.29 is 13.6 Å². The molecule has 4 heteroatoms. The topological polar surface area (TPSA) is 35.5 Å². The Morgan fingerprint density at radius 1 is 0.800 bits per heavy atom. The van der Waals surface area contributed by atoms with E-state index in [4.69, 9.17) is 9.05 Å². The van der Waals surface area contributed by atoms with Crippen LogP contribution in [-0.2, 0) is 13.6 Å². The van der Waals surface area contributed by atoms with E-state index >= 15 is 0 Å². The summed E-state index contributed by atoms with van der Waals surface area (Å²) < 4.78 is 22.3. The van der Waals surface area contributed by atoms with Crippen molar-refractivity contribution in [1.29, 1.82) is 0 Å². The van der Waals surface area contributed by atoms with Gasteiger partial charge in [-0.2, -0.15) is 0 Å². The molecule has 0 aliphatic heterocycles.